The molecule has 0 spiro atoms. The van der Waals surface area contributed by atoms with Gasteiger partial charge in [0, 0.05) is 11.8 Å². The molecule has 0 radical (unpaired) electrons. The number of halogens is 3. The lowest BCUT2D eigenvalue weighted by Gasteiger charge is -2.15. The van der Waals surface area contributed by atoms with Crippen molar-refractivity contribution in [2.24, 2.45) is 0 Å². The third kappa shape index (κ3) is 2.81. The first-order valence-corrected chi connectivity index (χ1v) is 5.78. The van der Waals surface area contributed by atoms with Gasteiger partial charge in [0.05, 0.1) is 18.9 Å². The van der Waals surface area contributed by atoms with Gasteiger partial charge < -0.3 is 9.84 Å². The van der Waals surface area contributed by atoms with Gasteiger partial charge in [-0.1, -0.05) is 18.2 Å². The van der Waals surface area contributed by atoms with Crippen LogP contribution in [0.4, 0.5) is 13.2 Å². The summed E-state index contributed by atoms with van der Waals surface area (Å²) >= 11 is 0. The number of benzene rings is 1. The second kappa shape index (κ2) is 5.43. The minimum Gasteiger partial charge on any atom is -0.494 e. The molecule has 0 atom stereocenters. The predicted octanol–water partition coefficient (Wildman–Crippen LogP) is 3.47. The molecule has 0 aliphatic carbocycles. The first-order chi connectivity index (χ1) is 9.86. The van der Waals surface area contributed by atoms with Gasteiger partial charge in [-0.3, -0.25) is 4.98 Å². The monoisotopic (exact) mass is 297 g/mol. The zero-order valence-electron chi connectivity index (χ0n) is 10.8. The molecule has 0 unspecified atom stereocenters. The third-order valence-electron chi connectivity index (χ3n) is 2.87. The maximum atomic E-state index is 13.1. The van der Waals surface area contributed by atoms with E-state index in [4.69, 9.17) is 4.74 Å². The average molecular weight is 297 g/mol. The molecule has 7 heteroatoms. The number of carboxylic acid groups (broad SMARTS) is 1. The highest BCUT2D eigenvalue weighted by molar-refractivity contribution is 5.99. The van der Waals surface area contributed by atoms with Crippen LogP contribution in [0, 0.1) is 0 Å². The lowest BCUT2D eigenvalue weighted by molar-refractivity contribution is -0.137. The minimum absolute atomic E-state index is 0.100. The topological polar surface area (TPSA) is 59.4 Å². The molecule has 0 fully saturated rings. The van der Waals surface area contributed by atoms with Crippen LogP contribution >= 0.6 is 0 Å². The largest absolute Gasteiger partial charge is 0.494 e. The zero-order valence-corrected chi connectivity index (χ0v) is 10.8. The number of alkyl halides is 3. The van der Waals surface area contributed by atoms with Crippen molar-refractivity contribution in [3.8, 4) is 16.9 Å². The van der Waals surface area contributed by atoms with Crippen molar-refractivity contribution in [2.75, 3.05) is 7.11 Å². The molecule has 1 N–H and O–H groups in total. The van der Waals surface area contributed by atoms with E-state index < -0.39 is 17.7 Å². The molecule has 0 bridgehead atoms. The van der Waals surface area contributed by atoms with E-state index in [1.807, 2.05) is 0 Å². The van der Waals surface area contributed by atoms with Gasteiger partial charge >= 0.3 is 12.1 Å². The number of carbonyl (C=O) groups is 1. The molecule has 110 valence electrons. The van der Waals surface area contributed by atoms with E-state index in [-0.39, 0.29) is 22.4 Å². The van der Waals surface area contributed by atoms with Gasteiger partial charge in [-0.05, 0) is 11.6 Å². The first-order valence-electron chi connectivity index (χ1n) is 5.78. The summed E-state index contributed by atoms with van der Waals surface area (Å²) in [6.45, 7) is 0. The fourth-order valence-corrected chi connectivity index (χ4v) is 1.99. The molecule has 0 aliphatic rings. The second-order valence-electron chi connectivity index (χ2n) is 4.11. The van der Waals surface area contributed by atoms with Crippen LogP contribution in [0.1, 0.15) is 15.9 Å². The Morgan fingerprint density at radius 1 is 1.19 bits per heavy atom. The number of carboxylic acids is 1. The van der Waals surface area contributed by atoms with Gasteiger partial charge in [0.1, 0.15) is 5.56 Å². The average Bonchev–Trinajstić information content (AvgIpc) is 2.45. The van der Waals surface area contributed by atoms with Crippen LogP contribution in [0.2, 0.25) is 0 Å². The summed E-state index contributed by atoms with van der Waals surface area (Å²) in [7, 11) is 1.23. The highest BCUT2D eigenvalue weighted by atomic mass is 19.4. The van der Waals surface area contributed by atoms with Crippen molar-refractivity contribution in [1.29, 1.82) is 0 Å². The van der Waals surface area contributed by atoms with Crippen LogP contribution in [0.15, 0.2) is 36.7 Å². The summed E-state index contributed by atoms with van der Waals surface area (Å²) in [4.78, 5) is 15.1. The van der Waals surface area contributed by atoms with Crippen molar-refractivity contribution >= 4 is 5.97 Å². The molecule has 1 aromatic heterocycles. The molecule has 2 aromatic rings. The lowest BCUT2D eigenvalue weighted by Crippen LogP contribution is -2.10. The Kier molecular flexibility index (Phi) is 3.84. The van der Waals surface area contributed by atoms with Crippen molar-refractivity contribution in [3.63, 3.8) is 0 Å². The Morgan fingerprint density at radius 2 is 1.86 bits per heavy atom. The highest BCUT2D eigenvalue weighted by Gasteiger charge is 2.34. The van der Waals surface area contributed by atoms with Crippen molar-refractivity contribution in [2.45, 2.75) is 6.18 Å². The summed E-state index contributed by atoms with van der Waals surface area (Å²) < 4.78 is 44.0. The lowest BCUT2D eigenvalue weighted by atomic mass is 9.96. The van der Waals surface area contributed by atoms with E-state index in [1.165, 1.54) is 25.3 Å². The van der Waals surface area contributed by atoms with Gasteiger partial charge in [0.25, 0.3) is 0 Å². The molecule has 4 nitrogen and oxygen atoms in total. The quantitative estimate of drug-likeness (QED) is 0.942. The van der Waals surface area contributed by atoms with E-state index in [1.54, 1.807) is 0 Å². The number of nitrogens with zero attached hydrogens (tertiary/aromatic N) is 1. The van der Waals surface area contributed by atoms with Crippen LogP contribution in [-0.4, -0.2) is 23.2 Å². The summed E-state index contributed by atoms with van der Waals surface area (Å²) in [5.74, 6) is -1.49. The van der Waals surface area contributed by atoms with Gasteiger partial charge in [0.2, 0.25) is 0 Å². The van der Waals surface area contributed by atoms with Crippen LogP contribution in [0.3, 0.4) is 0 Å². The number of methoxy groups -OCH3 is 1. The summed E-state index contributed by atoms with van der Waals surface area (Å²) in [5.41, 5.74) is -1.68. The zero-order chi connectivity index (χ0) is 15.6. The van der Waals surface area contributed by atoms with Gasteiger partial charge in [-0.25, -0.2) is 4.79 Å². The maximum absolute atomic E-state index is 13.1. The Balaban J connectivity index is 2.77. The Hall–Kier alpha value is -2.57. The van der Waals surface area contributed by atoms with Crippen LogP contribution in [-0.2, 0) is 6.18 Å². The van der Waals surface area contributed by atoms with Crippen LogP contribution < -0.4 is 4.74 Å². The molecule has 0 saturated heterocycles. The molecule has 0 saturated carbocycles. The number of ether oxygens (including phenoxy) is 1. The van der Waals surface area contributed by atoms with E-state index in [9.17, 15) is 23.1 Å². The third-order valence-corrected chi connectivity index (χ3v) is 2.87. The Bertz CT molecular complexity index is 683. The number of rotatable bonds is 3. The van der Waals surface area contributed by atoms with Crippen LogP contribution in [0.5, 0.6) is 5.75 Å². The van der Waals surface area contributed by atoms with E-state index in [0.29, 0.717) is 0 Å². The van der Waals surface area contributed by atoms with E-state index in [0.717, 1.165) is 18.5 Å². The molecular formula is C14H10F3NO3. The number of aromatic nitrogens is 1. The van der Waals surface area contributed by atoms with Crippen molar-refractivity contribution in [3.05, 3.63) is 47.8 Å². The fourth-order valence-electron chi connectivity index (χ4n) is 1.99. The fraction of sp³-hybridized carbons (Fsp3) is 0.143. The molecule has 1 aromatic carbocycles. The molecule has 1 heterocycles. The van der Waals surface area contributed by atoms with Gasteiger partial charge in [-0.2, -0.15) is 13.2 Å². The van der Waals surface area contributed by atoms with Gasteiger partial charge in [-0.15, -0.1) is 0 Å². The summed E-state index contributed by atoms with van der Waals surface area (Å²) in [5, 5.41) is 9.24. The Labute approximate surface area is 117 Å². The van der Waals surface area contributed by atoms with E-state index in [2.05, 4.69) is 4.98 Å². The minimum atomic E-state index is -4.60. The molecule has 0 aliphatic heterocycles. The van der Waals surface area contributed by atoms with Gasteiger partial charge in [0.15, 0.2) is 5.75 Å². The smallest absolute Gasteiger partial charge is 0.417 e. The molecule has 21 heavy (non-hydrogen) atoms. The maximum Gasteiger partial charge on any atom is 0.417 e. The number of hydrogen-bond acceptors (Lipinski definition) is 3. The number of pyridine rings is 1. The van der Waals surface area contributed by atoms with Crippen molar-refractivity contribution < 1.29 is 27.8 Å². The predicted molar refractivity (Wildman–Crippen MR) is 68.2 cm³/mol. The van der Waals surface area contributed by atoms with Crippen molar-refractivity contribution in [1.82, 2.24) is 4.98 Å². The SMILES string of the molecule is COc1cncc(-c2ccccc2C(F)(F)F)c1C(=O)O. The summed E-state index contributed by atoms with van der Waals surface area (Å²) in [6.07, 6.45) is -2.38. The number of aromatic carboxylic acids is 1. The number of hydrogen-bond donors (Lipinski definition) is 1. The highest BCUT2D eigenvalue weighted by Crippen LogP contribution is 2.39. The molecule has 2 rings (SSSR count). The molecule has 0 amide bonds. The van der Waals surface area contributed by atoms with E-state index >= 15 is 0 Å². The first kappa shape index (κ1) is 14.8. The molecular weight excluding hydrogens is 287 g/mol. The second-order valence-corrected chi connectivity index (χ2v) is 4.11. The standard InChI is InChI=1S/C14H10F3NO3/c1-21-11-7-18-6-9(12(11)13(19)20)8-4-2-3-5-10(8)14(15,16)17/h2-7H,1H3,(H,19,20). The Morgan fingerprint density at radius 3 is 2.43 bits per heavy atom. The van der Waals surface area contributed by atoms with Crippen LogP contribution in [0.25, 0.3) is 11.1 Å². The normalized spacial score (nSPS) is 11.2. The summed E-state index contributed by atoms with van der Waals surface area (Å²) in [6, 6.07) is 4.72.